The van der Waals surface area contributed by atoms with E-state index >= 15 is 0 Å². The van der Waals surface area contributed by atoms with Gasteiger partial charge in [-0.3, -0.25) is 0 Å². The molecular formula is C25H31Cl2N3O3. The van der Waals surface area contributed by atoms with E-state index in [9.17, 15) is 4.79 Å². The van der Waals surface area contributed by atoms with Crippen molar-refractivity contribution >= 4 is 29.3 Å². The van der Waals surface area contributed by atoms with Crippen molar-refractivity contribution in [2.75, 3.05) is 13.1 Å². The molecule has 6 nitrogen and oxygen atoms in total. The molecule has 178 valence electrons. The van der Waals surface area contributed by atoms with Gasteiger partial charge in [0.1, 0.15) is 17.1 Å². The van der Waals surface area contributed by atoms with Crippen LogP contribution in [0.25, 0.3) is 11.3 Å². The second-order valence-electron chi connectivity index (χ2n) is 10.6. The Morgan fingerprint density at radius 2 is 1.91 bits per heavy atom. The number of hydrogen-bond donors (Lipinski definition) is 1. The molecule has 3 fully saturated rings. The molecule has 2 aromatic rings. The lowest BCUT2D eigenvalue weighted by atomic mass is 9.97. The number of hydrogen-bond acceptors (Lipinski definition) is 5. The van der Waals surface area contributed by atoms with Crippen LogP contribution in [0.3, 0.4) is 0 Å². The Labute approximate surface area is 204 Å². The molecule has 3 atom stereocenters. The topological polar surface area (TPSA) is 67.6 Å². The number of carbonyl (C=O) groups is 1. The summed E-state index contributed by atoms with van der Waals surface area (Å²) in [6.07, 6.45) is 4.25. The molecule has 3 aliphatic rings. The SMILES string of the molecule is CC(C)(C)OC(=O)N1C[C@@H]2CC[C@@H](NCc3c(-c4c(Cl)cccc4Cl)noc3C3CC3)[C@@H]2C1. The highest BCUT2D eigenvalue weighted by molar-refractivity contribution is 6.39. The highest BCUT2D eigenvalue weighted by Gasteiger charge is 2.45. The van der Waals surface area contributed by atoms with Gasteiger partial charge in [-0.1, -0.05) is 34.4 Å². The second kappa shape index (κ2) is 8.79. The molecule has 2 aliphatic carbocycles. The first-order valence-electron chi connectivity index (χ1n) is 11.9. The summed E-state index contributed by atoms with van der Waals surface area (Å²) < 4.78 is 11.4. The second-order valence-corrected chi connectivity index (χ2v) is 11.4. The molecule has 8 heteroatoms. The van der Waals surface area contributed by atoms with Gasteiger partial charge in [-0.2, -0.15) is 0 Å². The van der Waals surface area contributed by atoms with Gasteiger partial charge in [-0.05, 0) is 70.4 Å². The van der Waals surface area contributed by atoms with Gasteiger partial charge in [0, 0.05) is 42.7 Å². The summed E-state index contributed by atoms with van der Waals surface area (Å²) in [5.74, 6) is 2.31. The zero-order valence-corrected chi connectivity index (χ0v) is 20.9. The predicted molar refractivity (Wildman–Crippen MR) is 129 cm³/mol. The molecule has 1 amide bonds. The number of fused-ring (bicyclic) bond motifs is 1. The molecule has 0 unspecified atom stereocenters. The predicted octanol–water partition coefficient (Wildman–Crippen LogP) is 6.26. The normalized spacial score (nSPS) is 24.9. The summed E-state index contributed by atoms with van der Waals surface area (Å²) in [4.78, 5) is 14.4. The molecule has 0 spiro atoms. The van der Waals surface area contributed by atoms with Gasteiger partial charge >= 0.3 is 6.09 Å². The third kappa shape index (κ3) is 4.75. The Kier molecular flexibility index (Phi) is 6.13. The van der Waals surface area contributed by atoms with E-state index < -0.39 is 5.60 Å². The van der Waals surface area contributed by atoms with E-state index in [0.717, 1.165) is 61.4 Å². The highest BCUT2D eigenvalue weighted by Crippen LogP contribution is 2.46. The largest absolute Gasteiger partial charge is 0.444 e. The lowest BCUT2D eigenvalue weighted by Gasteiger charge is -2.26. The number of carbonyl (C=O) groups excluding carboxylic acids is 1. The summed E-state index contributed by atoms with van der Waals surface area (Å²) in [6.45, 7) is 7.88. The van der Waals surface area contributed by atoms with Gasteiger partial charge < -0.3 is 19.5 Å². The van der Waals surface area contributed by atoms with Gasteiger partial charge in [-0.15, -0.1) is 0 Å². The molecule has 2 heterocycles. The van der Waals surface area contributed by atoms with Crippen LogP contribution in [0.1, 0.15) is 63.7 Å². The van der Waals surface area contributed by atoms with Crippen LogP contribution in [0.4, 0.5) is 4.79 Å². The first-order chi connectivity index (χ1) is 15.7. The maximum absolute atomic E-state index is 12.6. The quantitative estimate of drug-likeness (QED) is 0.534. The summed E-state index contributed by atoms with van der Waals surface area (Å²) in [5, 5.41) is 9.31. The van der Waals surface area contributed by atoms with Crippen molar-refractivity contribution in [1.82, 2.24) is 15.4 Å². The summed E-state index contributed by atoms with van der Waals surface area (Å²) in [7, 11) is 0. The van der Waals surface area contributed by atoms with E-state index in [1.807, 2.05) is 43.9 Å². The van der Waals surface area contributed by atoms with Crippen molar-refractivity contribution in [2.24, 2.45) is 11.8 Å². The van der Waals surface area contributed by atoms with Crippen molar-refractivity contribution in [3.8, 4) is 11.3 Å². The number of benzene rings is 1. The number of likely N-dealkylation sites (tertiary alicyclic amines) is 1. The third-order valence-corrected chi connectivity index (χ3v) is 7.65. The van der Waals surface area contributed by atoms with Crippen LogP contribution in [-0.2, 0) is 11.3 Å². The van der Waals surface area contributed by atoms with Crippen molar-refractivity contribution in [3.05, 3.63) is 39.6 Å². The molecular weight excluding hydrogens is 461 g/mol. The van der Waals surface area contributed by atoms with E-state index in [1.54, 1.807) is 0 Å². The summed E-state index contributed by atoms with van der Waals surface area (Å²) in [5.41, 5.74) is 2.04. The molecule has 5 rings (SSSR count). The lowest BCUT2D eigenvalue weighted by molar-refractivity contribution is 0.0278. The van der Waals surface area contributed by atoms with Crippen LogP contribution in [0.5, 0.6) is 0 Å². The van der Waals surface area contributed by atoms with E-state index in [-0.39, 0.29) is 6.09 Å². The summed E-state index contributed by atoms with van der Waals surface area (Å²) in [6, 6.07) is 5.83. The minimum Gasteiger partial charge on any atom is -0.444 e. The van der Waals surface area contributed by atoms with Crippen LogP contribution >= 0.6 is 23.2 Å². The fourth-order valence-corrected chi connectivity index (χ4v) is 5.88. The molecule has 1 saturated heterocycles. The average Bonchev–Trinajstić information content (AvgIpc) is 3.18. The number of amides is 1. The number of rotatable bonds is 5. The zero-order chi connectivity index (χ0) is 23.3. The smallest absolute Gasteiger partial charge is 0.410 e. The Morgan fingerprint density at radius 1 is 1.18 bits per heavy atom. The first-order valence-corrected chi connectivity index (χ1v) is 12.6. The fraction of sp³-hybridized carbons (Fsp3) is 0.600. The zero-order valence-electron chi connectivity index (χ0n) is 19.4. The number of nitrogens with zero attached hydrogens (tertiary/aromatic N) is 2. The molecule has 0 radical (unpaired) electrons. The Morgan fingerprint density at radius 3 is 2.58 bits per heavy atom. The van der Waals surface area contributed by atoms with Crippen LogP contribution in [0.2, 0.25) is 10.0 Å². The lowest BCUT2D eigenvalue weighted by Crippen LogP contribution is -2.39. The molecule has 2 saturated carbocycles. The van der Waals surface area contributed by atoms with Gasteiger partial charge in [0.2, 0.25) is 0 Å². The highest BCUT2D eigenvalue weighted by atomic mass is 35.5. The minimum atomic E-state index is -0.476. The van der Waals surface area contributed by atoms with Gasteiger partial charge in [-0.25, -0.2) is 4.79 Å². The van der Waals surface area contributed by atoms with E-state index in [1.165, 1.54) is 0 Å². The van der Waals surface area contributed by atoms with Gasteiger partial charge in [0.05, 0.1) is 10.0 Å². The van der Waals surface area contributed by atoms with Crippen LogP contribution in [0.15, 0.2) is 22.7 Å². The van der Waals surface area contributed by atoms with Crippen molar-refractivity contribution in [1.29, 1.82) is 0 Å². The molecule has 1 N–H and O–H groups in total. The standard InChI is InChI=1S/C25H31Cl2N3O3/c1-25(2,3)32-24(31)30-12-15-9-10-20(17(15)13-30)28-11-16-22(29-33-23(16)14-7-8-14)21-18(26)5-4-6-19(21)27/h4-6,14-15,17,20,28H,7-13H2,1-3H3/t15-,17+,20+/m0/s1. The molecule has 0 bridgehead atoms. The van der Waals surface area contributed by atoms with Crippen molar-refractivity contribution in [3.63, 3.8) is 0 Å². The van der Waals surface area contributed by atoms with Crippen LogP contribution in [0, 0.1) is 11.8 Å². The van der Waals surface area contributed by atoms with Crippen molar-refractivity contribution < 1.29 is 14.1 Å². The van der Waals surface area contributed by atoms with Crippen LogP contribution < -0.4 is 5.32 Å². The van der Waals surface area contributed by atoms with E-state index in [2.05, 4.69) is 10.5 Å². The summed E-state index contributed by atoms with van der Waals surface area (Å²) >= 11 is 13.0. The number of ether oxygens (including phenoxy) is 1. The Bertz CT molecular complexity index is 1020. The number of nitrogens with one attached hydrogen (secondary N) is 1. The fourth-order valence-electron chi connectivity index (χ4n) is 5.31. The van der Waals surface area contributed by atoms with Crippen molar-refractivity contribution in [2.45, 2.75) is 70.6 Å². The molecule has 33 heavy (non-hydrogen) atoms. The average molecular weight is 492 g/mol. The third-order valence-electron chi connectivity index (χ3n) is 7.02. The Hall–Kier alpha value is -1.76. The minimum absolute atomic E-state index is 0.207. The maximum Gasteiger partial charge on any atom is 0.410 e. The molecule has 1 aliphatic heterocycles. The van der Waals surface area contributed by atoms with Gasteiger partial charge in [0.15, 0.2) is 0 Å². The number of aromatic nitrogens is 1. The van der Waals surface area contributed by atoms with E-state index in [0.29, 0.717) is 40.4 Å². The van der Waals surface area contributed by atoms with Crippen LogP contribution in [-0.4, -0.2) is 40.9 Å². The van der Waals surface area contributed by atoms with Gasteiger partial charge in [0.25, 0.3) is 0 Å². The van der Waals surface area contributed by atoms with E-state index in [4.69, 9.17) is 32.5 Å². The monoisotopic (exact) mass is 491 g/mol. The molecule has 1 aromatic heterocycles. The first kappa shape index (κ1) is 23.0. The number of halogens is 2. The Balaban J connectivity index is 1.31. The maximum atomic E-state index is 12.6. The molecule has 1 aromatic carbocycles.